The zero-order valence-corrected chi connectivity index (χ0v) is 17.1. The van der Waals surface area contributed by atoms with Crippen LogP contribution in [0.25, 0.3) is 0 Å². The third kappa shape index (κ3) is 3.85. The van der Waals surface area contributed by atoms with Crippen LogP contribution in [0.2, 0.25) is 0 Å². The van der Waals surface area contributed by atoms with E-state index >= 15 is 0 Å². The zero-order chi connectivity index (χ0) is 22.8. The van der Waals surface area contributed by atoms with Gasteiger partial charge in [-0.2, -0.15) is 0 Å². The number of nitro groups is 1. The Morgan fingerprint density at radius 3 is 2.09 bits per heavy atom. The van der Waals surface area contributed by atoms with Gasteiger partial charge in [-0.05, 0) is 30.7 Å². The number of fused-ring (bicyclic) bond motifs is 1. The van der Waals surface area contributed by atoms with Crippen molar-refractivity contribution in [1.29, 1.82) is 0 Å². The Morgan fingerprint density at radius 1 is 0.938 bits per heavy atom. The topological polar surface area (TPSA) is 110 Å². The van der Waals surface area contributed by atoms with Crippen molar-refractivity contribution in [1.82, 2.24) is 4.90 Å². The van der Waals surface area contributed by atoms with E-state index < -0.39 is 28.7 Å². The summed E-state index contributed by atoms with van der Waals surface area (Å²) < 4.78 is 0. The summed E-state index contributed by atoms with van der Waals surface area (Å²) in [5.41, 5.74) is 1.94. The Kier molecular flexibility index (Phi) is 5.51. The molecule has 3 amide bonds. The molecule has 4 rings (SSSR count). The second-order valence-corrected chi connectivity index (χ2v) is 7.49. The number of nitrogens with one attached hydrogen (secondary N) is 1. The molecule has 1 heterocycles. The molecule has 1 unspecified atom stereocenters. The van der Waals surface area contributed by atoms with Crippen LogP contribution in [0.5, 0.6) is 0 Å². The summed E-state index contributed by atoms with van der Waals surface area (Å²) in [6.45, 7) is 1.92. The van der Waals surface area contributed by atoms with Gasteiger partial charge in [-0.25, -0.2) is 0 Å². The minimum atomic E-state index is -1.19. The number of amides is 3. The van der Waals surface area contributed by atoms with Crippen molar-refractivity contribution in [2.75, 3.05) is 5.32 Å². The van der Waals surface area contributed by atoms with Crippen molar-refractivity contribution in [3.63, 3.8) is 0 Å². The summed E-state index contributed by atoms with van der Waals surface area (Å²) >= 11 is 0. The second-order valence-electron chi connectivity index (χ2n) is 7.49. The average molecular weight is 429 g/mol. The quantitative estimate of drug-likeness (QED) is 0.365. The summed E-state index contributed by atoms with van der Waals surface area (Å²) in [6.07, 6.45) is 0.0677. The van der Waals surface area contributed by atoms with E-state index in [0.717, 1.165) is 16.0 Å². The minimum Gasteiger partial charge on any atom is -0.319 e. The van der Waals surface area contributed by atoms with Crippen LogP contribution in [-0.4, -0.2) is 33.6 Å². The predicted octanol–water partition coefficient (Wildman–Crippen LogP) is 3.75. The number of anilines is 1. The first-order valence-electron chi connectivity index (χ1n) is 9.93. The number of aryl methyl sites for hydroxylation is 1. The largest absolute Gasteiger partial charge is 0.319 e. The van der Waals surface area contributed by atoms with Gasteiger partial charge in [0.05, 0.1) is 16.1 Å². The first-order valence-corrected chi connectivity index (χ1v) is 9.93. The fourth-order valence-corrected chi connectivity index (χ4v) is 3.69. The number of hydrogen-bond acceptors (Lipinski definition) is 5. The van der Waals surface area contributed by atoms with E-state index in [2.05, 4.69) is 5.32 Å². The summed E-state index contributed by atoms with van der Waals surface area (Å²) in [4.78, 5) is 51.1. The molecule has 1 N–H and O–H groups in total. The Hall–Kier alpha value is -4.33. The fourth-order valence-electron chi connectivity index (χ4n) is 3.69. The van der Waals surface area contributed by atoms with Gasteiger partial charge in [0.1, 0.15) is 11.7 Å². The lowest BCUT2D eigenvalue weighted by atomic mass is 10.0. The maximum Gasteiger partial charge on any atom is 0.292 e. The number of para-hydroxylation sites is 2. The Morgan fingerprint density at radius 2 is 1.50 bits per heavy atom. The SMILES string of the molecule is Cc1ccc(CC(C(=O)Nc2ccccc2[N+](=O)[O-])N2C(=O)c3ccccc3C2=O)cc1. The van der Waals surface area contributed by atoms with Crippen molar-refractivity contribution in [2.45, 2.75) is 19.4 Å². The highest BCUT2D eigenvalue weighted by Gasteiger charge is 2.43. The van der Waals surface area contributed by atoms with E-state index in [1.165, 1.54) is 18.2 Å². The molecule has 0 spiro atoms. The number of rotatable bonds is 6. The minimum absolute atomic E-state index is 0.00647. The maximum absolute atomic E-state index is 13.3. The van der Waals surface area contributed by atoms with Gasteiger partial charge < -0.3 is 5.32 Å². The number of nitro benzene ring substituents is 1. The van der Waals surface area contributed by atoms with Gasteiger partial charge in [-0.1, -0.05) is 54.1 Å². The molecule has 3 aromatic rings. The lowest BCUT2D eigenvalue weighted by molar-refractivity contribution is -0.383. The van der Waals surface area contributed by atoms with Crippen LogP contribution in [0, 0.1) is 17.0 Å². The van der Waals surface area contributed by atoms with Gasteiger partial charge >= 0.3 is 0 Å². The summed E-state index contributed by atoms with van der Waals surface area (Å²) in [6, 6.07) is 18.3. The third-order valence-corrected chi connectivity index (χ3v) is 5.35. The molecule has 8 nitrogen and oxygen atoms in total. The molecule has 1 aliphatic heterocycles. The van der Waals surface area contributed by atoms with Crippen LogP contribution in [0.15, 0.2) is 72.8 Å². The molecule has 8 heteroatoms. The van der Waals surface area contributed by atoms with Crippen molar-refractivity contribution in [3.05, 3.63) is 105 Å². The molecule has 0 aromatic heterocycles. The predicted molar refractivity (Wildman–Crippen MR) is 117 cm³/mol. The normalized spacial score (nSPS) is 13.6. The van der Waals surface area contributed by atoms with Gasteiger partial charge in [0.15, 0.2) is 0 Å². The number of carbonyl (C=O) groups is 3. The number of hydrogen-bond donors (Lipinski definition) is 1. The van der Waals surface area contributed by atoms with E-state index in [9.17, 15) is 24.5 Å². The van der Waals surface area contributed by atoms with Gasteiger partial charge in [0.2, 0.25) is 5.91 Å². The van der Waals surface area contributed by atoms with Crippen LogP contribution in [0.4, 0.5) is 11.4 Å². The molecule has 1 atom stereocenters. The molecule has 0 saturated heterocycles. The molecule has 1 aliphatic rings. The van der Waals surface area contributed by atoms with E-state index in [0.29, 0.717) is 0 Å². The first-order chi connectivity index (χ1) is 15.4. The van der Waals surface area contributed by atoms with Crippen LogP contribution >= 0.6 is 0 Å². The van der Waals surface area contributed by atoms with Crippen LogP contribution in [-0.2, 0) is 11.2 Å². The van der Waals surface area contributed by atoms with E-state index in [1.54, 1.807) is 30.3 Å². The standard InChI is InChI=1S/C24H19N3O5/c1-15-10-12-16(13-11-15)14-21(22(28)25-19-8-4-5-9-20(19)27(31)32)26-23(29)17-6-2-3-7-18(17)24(26)30/h2-13,21H,14H2,1H3,(H,25,28). The van der Waals surface area contributed by atoms with E-state index in [4.69, 9.17) is 0 Å². The molecule has 0 bridgehead atoms. The van der Waals surface area contributed by atoms with Crippen molar-refractivity contribution in [3.8, 4) is 0 Å². The summed E-state index contributed by atoms with van der Waals surface area (Å²) in [7, 11) is 0. The highest BCUT2D eigenvalue weighted by atomic mass is 16.6. The summed E-state index contributed by atoms with van der Waals surface area (Å²) in [5, 5.41) is 13.9. The van der Waals surface area contributed by atoms with Crippen LogP contribution < -0.4 is 5.32 Å². The monoisotopic (exact) mass is 429 g/mol. The lowest BCUT2D eigenvalue weighted by Crippen LogP contribution is -2.48. The van der Waals surface area contributed by atoms with Gasteiger partial charge in [0.25, 0.3) is 17.5 Å². The van der Waals surface area contributed by atoms with Crippen molar-refractivity contribution >= 4 is 29.1 Å². The van der Waals surface area contributed by atoms with Gasteiger partial charge in [-0.3, -0.25) is 29.4 Å². The molecule has 0 saturated carbocycles. The molecule has 160 valence electrons. The Balaban J connectivity index is 1.71. The highest BCUT2D eigenvalue weighted by molar-refractivity contribution is 6.23. The first kappa shape index (κ1) is 20.9. The van der Waals surface area contributed by atoms with E-state index in [-0.39, 0.29) is 28.9 Å². The van der Waals surface area contributed by atoms with Gasteiger partial charge in [0, 0.05) is 12.5 Å². The summed E-state index contributed by atoms with van der Waals surface area (Å²) in [5.74, 6) is -1.82. The maximum atomic E-state index is 13.3. The van der Waals surface area contributed by atoms with E-state index in [1.807, 2.05) is 31.2 Å². The molecule has 3 aromatic carbocycles. The Labute approximate surface area is 183 Å². The average Bonchev–Trinajstić information content (AvgIpc) is 3.04. The number of benzene rings is 3. The fraction of sp³-hybridized carbons (Fsp3) is 0.125. The molecule has 32 heavy (non-hydrogen) atoms. The van der Waals surface area contributed by atoms with Crippen LogP contribution in [0.3, 0.4) is 0 Å². The number of imide groups is 1. The highest BCUT2D eigenvalue weighted by Crippen LogP contribution is 2.28. The van der Waals surface area contributed by atoms with Gasteiger partial charge in [-0.15, -0.1) is 0 Å². The molecular weight excluding hydrogens is 410 g/mol. The lowest BCUT2D eigenvalue weighted by Gasteiger charge is -2.25. The molecular formula is C24H19N3O5. The number of nitrogens with zero attached hydrogens (tertiary/aromatic N) is 2. The third-order valence-electron chi connectivity index (χ3n) is 5.35. The van der Waals surface area contributed by atoms with Crippen molar-refractivity contribution < 1.29 is 19.3 Å². The zero-order valence-electron chi connectivity index (χ0n) is 17.1. The second kappa shape index (κ2) is 8.43. The Bertz CT molecular complexity index is 1200. The molecule has 0 radical (unpaired) electrons. The smallest absolute Gasteiger partial charge is 0.292 e. The molecule has 0 aliphatic carbocycles. The molecule has 0 fully saturated rings. The van der Waals surface area contributed by atoms with Crippen molar-refractivity contribution in [2.24, 2.45) is 0 Å². The number of carbonyl (C=O) groups excluding carboxylic acids is 3. The van der Waals surface area contributed by atoms with Crippen LogP contribution in [0.1, 0.15) is 31.8 Å².